The lowest BCUT2D eigenvalue weighted by Crippen LogP contribution is -2.40. The van der Waals surface area contributed by atoms with E-state index in [9.17, 15) is 10.4 Å². The van der Waals surface area contributed by atoms with Gasteiger partial charge in [0, 0.05) is 23.4 Å². The molecular formula is C22H22ClN3O3. The van der Waals surface area contributed by atoms with Crippen molar-refractivity contribution in [2.45, 2.75) is 43.9 Å². The molecule has 2 aliphatic rings. The lowest BCUT2D eigenvalue weighted by atomic mass is 9.80. The first-order valence-electron chi connectivity index (χ1n) is 9.61. The molecule has 2 heterocycles. The molecule has 0 aromatic heterocycles. The number of ether oxygens (including phenoxy) is 2. The fourth-order valence-corrected chi connectivity index (χ4v) is 4.25. The number of hydrogen-bond donors (Lipinski definition) is 2. The van der Waals surface area contributed by atoms with E-state index >= 15 is 0 Å². The van der Waals surface area contributed by atoms with Crippen LogP contribution in [0.3, 0.4) is 0 Å². The summed E-state index contributed by atoms with van der Waals surface area (Å²) in [6.07, 6.45) is 1.14. The van der Waals surface area contributed by atoms with Crippen LogP contribution in [0.15, 0.2) is 41.4 Å². The Bertz CT molecular complexity index is 1020. The van der Waals surface area contributed by atoms with E-state index in [0.29, 0.717) is 42.2 Å². The standard InChI is InChI=1S/C22H22ClN3O3/c1-2-17(27)9-18-10-22(12-28-21(25)26-22)19-8-14(3-4-20(19)29-18)15-5-13(11-24)6-16(23)7-15/h3-8,17-18,27H,2,9-10,12H2,1H3,(H2,25,26)/t17-,18-,22?/m0/s1. The van der Waals surface area contributed by atoms with E-state index in [-0.39, 0.29) is 12.1 Å². The number of nitrogens with zero attached hydrogens (tertiary/aromatic N) is 2. The van der Waals surface area contributed by atoms with Crippen LogP contribution < -0.4 is 10.5 Å². The summed E-state index contributed by atoms with van der Waals surface area (Å²) in [7, 11) is 0. The number of fused-ring (bicyclic) bond motifs is 2. The molecule has 1 unspecified atom stereocenters. The average molecular weight is 412 g/mol. The van der Waals surface area contributed by atoms with E-state index in [1.165, 1.54) is 0 Å². The molecule has 0 aliphatic carbocycles. The van der Waals surface area contributed by atoms with Crippen molar-refractivity contribution >= 4 is 17.6 Å². The second-order valence-electron chi connectivity index (χ2n) is 7.56. The molecular weight excluding hydrogens is 390 g/mol. The zero-order chi connectivity index (χ0) is 20.6. The Hall–Kier alpha value is -2.75. The van der Waals surface area contributed by atoms with E-state index in [0.717, 1.165) is 16.7 Å². The predicted octanol–water partition coefficient (Wildman–Crippen LogP) is 3.73. The molecule has 0 saturated carbocycles. The molecule has 3 N–H and O–H groups in total. The monoisotopic (exact) mass is 411 g/mol. The number of halogens is 1. The molecule has 4 rings (SSSR count). The summed E-state index contributed by atoms with van der Waals surface area (Å²) in [6, 6.07) is 13.4. The number of aliphatic imine (C=N–C) groups is 1. The van der Waals surface area contributed by atoms with Gasteiger partial charge in [-0.05, 0) is 47.9 Å². The quantitative estimate of drug-likeness (QED) is 0.798. The number of benzene rings is 2. The minimum absolute atomic E-state index is 0.160. The zero-order valence-electron chi connectivity index (χ0n) is 16.1. The van der Waals surface area contributed by atoms with Gasteiger partial charge >= 0.3 is 0 Å². The van der Waals surface area contributed by atoms with Crippen molar-refractivity contribution in [1.82, 2.24) is 0 Å². The van der Waals surface area contributed by atoms with Crippen LogP contribution in [0.1, 0.15) is 37.3 Å². The minimum atomic E-state index is -0.650. The molecule has 7 heteroatoms. The van der Waals surface area contributed by atoms with Crippen molar-refractivity contribution in [3.8, 4) is 22.9 Å². The van der Waals surface area contributed by atoms with Gasteiger partial charge in [0.25, 0.3) is 6.02 Å². The summed E-state index contributed by atoms with van der Waals surface area (Å²) in [4.78, 5) is 4.62. The van der Waals surface area contributed by atoms with Crippen LogP contribution in [0, 0.1) is 11.3 Å². The maximum absolute atomic E-state index is 10.1. The third-order valence-corrected chi connectivity index (χ3v) is 5.71. The topological polar surface area (TPSA) is 101 Å². The SMILES string of the molecule is CC[C@H](O)C[C@H]1CC2(COC(N)=N2)c2cc(-c3cc(Cl)cc(C#N)c3)ccc2O1. The smallest absolute Gasteiger partial charge is 0.283 e. The second-order valence-corrected chi connectivity index (χ2v) is 8.00. The van der Waals surface area contributed by atoms with Crippen molar-refractivity contribution in [2.24, 2.45) is 10.7 Å². The number of aliphatic hydroxyl groups is 1. The van der Waals surface area contributed by atoms with Crippen LogP contribution in [0.25, 0.3) is 11.1 Å². The predicted molar refractivity (Wildman–Crippen MR) is 111 cm³/mol. The molecule has 29 heavy (non-hydrogen) atoms. The molecule has 0 saturated heterocycles. The molecule has 0 amide bonds. The first-order valence-corrected chi connectivity index (χ1v) is 9.98. The van der Waals surface area contributed by atoms with Crippen LogP contribution in [0.2, 0.25) is 5.02 Å². The molecule has 0 fully saturated rings. The Morgan fingerprint density at radius 2 is 2.17 bits per heavy atom. The Labute approximate surface area is 174 Å². The number of aliphatic hydroxyl groups excluding tert-OH is 1. The van der Waals surface area contributed by atoms with Gasteiger partial charge in [0.15, 0.2) is 0 Å². The number of amidine groups is 1. The molecule has 2 aromatic rings. The fourth-order valence-electron chi connectivity index (χ4n) is 4.02. The third-order valence-electron chi connectivity index (χ3n) is 5.49. The number of nitriles is 1. The van der Waals surface area contributed by atoms with Crippen molar-refractivity contribution in [1.29, 1.82) is 5.26 Å². The summed E-state index contributed by atoms with van der Waals surface area (Å²) in [6.45, 7) is 2.27. The number of hydrogen-bond acceptors (Lipinski definition) is 6. The van der Waals surface area contributed by atoms with Crippen LogP contribution in [-0.4, -0.2) is 29.9 Å². The largest absolute Gasteiger partial charge is 0.490 e. The zero-order valence-corrected chi connectivity index (χ0v) is 16.8. The summed E-state index contributed by atoms with van der Waals surface area (Å²) in [5, 5.41) is 19.8. The molecule has 0 radical (unpaired) electrons. The van der Waals surface area contributed by atoms with Crippen molar-refractivity contribution in [2.75, 3.05) is 6.61 Å². The molecule has 2 aromatic carbocycles. The number of rotatable bonds is 4. The van der Waals surface area contributed by atoms with Crippen LogP contribution >= 0.6 is 11.6 Å². The maximum atomic E-state index is 10.1. The van der Waals surface area contributed by atoms with Gasteiger partial charge in [-0.15, -0.1) is 0 Å². The van der Waals surface area contributed by atoms with E-state index in [4.69, 9.17) is 26.8 Å². The summed E-state index contributed by atoms with van der Waals surface area (Å²) < 4.78 is 11.7. The number of nitrogens with two attached hydrogens (primary N) is 1. The average Bonchev–Trinajstić information content (AvgIpc) is 3.07. The van der Waals surface area contributed by atoms with Crippen molar-refractivity contribution in [3.63, 3.8) is 0 Å². The molecule has 1 spiro atoms. The minimum Gasteiger partial charge on any atom is -0.490 e. The highest BCUT2D eigenvalue weighted by molar-refractivity contribution is 6.31. The molecule has 0 bridgehead atoms. The summed E-state index contributed by atoms with van der Waals surface area (Å²) in [5.74, 6) is 0.706. The van der Waals surface area contributed by atoms with Crippen LogP contribution in [-0.2, 0) is 10.3 Å². The van der Waals surface area contributed by atoms with Gasteiger partial charge in [0.1, 0.15) is 24.0 Å². The van der Waals surface area contributed by atoms with Gasteiger partial charge in [0.2, 0.25) is 0 Å². The van der Waals surface area contributed by atoms with Gasteiger partial charge in [-0.2, -0.15) is 5.26 Å². The Kier molecular flexibility index (Phi) is 5.12. The maximum Gasteiger partial charge on any atom is 0.283 e. The Morgan fingerprint density at radius 3 is 2.86 bits per heavy atom. The molecule has 2 aliphatic heterocycles. The second kappa shape index (κ2) is 7.58. The highest BCUT2D eigenvalue weighted by Crippen LogP contribution is 2.46. The first kappa shape index (κ1) is 19.6. The normalized spacial score (nSPS) is 23.5. The molecule has 150 valence electrons. The van der Waals surface area contributed by atoms with Gasteiger partial charge < -0.3 is 20.3 Å². The van der Waals surface area contributed by atoms with Gasteiger partial charge in [0.05, 0.1) is 17.7 Å². The van der Waals surface area contributed by atoms with Gasteiger partial charge in [-0.25, -0.2) is 4.99 Å². The van der Waals surface area contributed by atoms with Crippen LogP contribution in [0.4, 0.5) is 0 Å². The van der Waals surface area contributed by atoms with E-state index < -0.39 is 11.6 Å². The first-order chi connectivity index (χ1) is 13.9. The Morgan fingerprint density at radius 1 is 1.34 bits per heavy atom. The highest BCUT2D eigenvalue weighted by atomic mass is 35.5. The van der Waals surface area contributed by atoms with Gasteiger partial charge in [-0.1, -0.05) is 24.6 Å². The third kappa shape index (κ3) is 3.76. The summed E-state index contributed by atoms with van der Waals surface area (Å²) >= 11 is 6.19. The lowest BCUT2D eigenvalue weighted by molar-refractivity contribution is 0.0526. The highest BCUT2D eigenvalue weighted by Gasteiger charge is 2.46. The summed E-state index contributed by atoms with van der Waals surface area (Å²) in [5.41, 5.74) is 8.33. The molecule has 3 atom stereocenters. The Balaban J connectivity index is 1.77. The van der Waals surface area contributed by atoms with E-state index in [2.05, 4.69) is 11.1 Å². The van der Waals surface area contributed by atoms with Crippen molar-refractivity contribution < 1.29 is 14.6 Å². The van der Waals surface area contributed by atoms with E-state index in [1.807, 2.05) is 31.2 Å². The lowest BCUT2D eigenvalue weighted by Gasteiger charge is -2.37. The van der Waals surface area contributed by atoms with Gasteiger partial charge in [-0.3, -0.25) is 0 Å². The van der Waals surface area contributed by atoms with Crippen molar-refractivity contribution in [3.05, 3.63) is 52.5 Å². The fraction of sp³-hybridized carbons (Fsp3) is 0.364. The van der Waals surface area contributed by atoms with Crippen LogP contribution in [0.5, 0.6) is 5.75 Å². The molecule has 6 nitrogen and oxygen atoms in total. The van der Waals surface area contributed by atoms with E-state index in [1.54, 1.807) is 12.1 Å².